The fourth-order valence-corrected chi connectivity index (χ4v) is 2.31. The van der Waals surface area contributed by atoms with Crippen LogP contribution in [0.3, 0.4) is 0 Å². The van der Waals surface area contributed by atoms with Crippen molar-refractivity contribution in [2.24, 2.45) is 0 Å². The molecule has 12 heavy (non-hydrogen) atoms. The van der Waals surface area contributed by atoms with Crippen LogP contribution in [-0.2, 0) is 10.8 Å². The predicted octanol–water partition coefficient (Wildman–Crippen LogP) is 2.49. The molecule has 0 saturated carbocycles. The normalized spacial score (nSPS) is 13.3. The minimum atomic E-state index is -0.923. The Hall–Kier alpha value is -0.280. The molecule has 1 rings (SSSR count). The average molecular weight is 200 g/mol. The summed E-state index contributed by atoms with van der Waals surface area (Å²) in [4.78, 5) is 1.64. The summed E-state index contributed by atoms with van der Waals surface area (Å²) >= 11 is 4.24. The first-order chi connectivity index (χ1) is 5.63. The lowest BCUT2D eigenvalue weighted by Gasteiger charge is -2.06. The number of rotatable bonds is 2. The Morgan fingerprint density at radius 1 is 1.33 bits per heavy atom. The second-order valence-corrected chi connectivity index (χ2v) is 5.27. The van der Waals surface area contributed by atoms with Gasteiger partial charge in [-0.05, 0) is 12.1 Å². The van der Waals surface area contributed by atoms with Crippen LogP contribution in [0.5, 0.6) is 0 Å². The molecule has 0 N–H and O–H groups in total. The van der Waals surface area contributed by atoms with Gasteiger partial charge in [0.2, 0.25) is 0 Å². The number of hydrogen-bond acceptors (Lipinski definition) is 2. The van der Waals surface area contributed by atoms with E-state index in [4.69, 9.17) is 0 Å². The second kappa shape index (κ2) is 4.10. The molecule has 1 aromatic carbocycles. The van der Waals surface area contributed by atoms with Gasteiger partial charge in [0, 0.05) is 10.1 Å². The molecule has 1 aromatic rings. The minimum Gasteiger partial charge on any atom is -0.254 e. The zero-order chi connectivity index (χ0) is 9.14. The van der Waals surface area contributed by atoms with E-state index in [1.807, 2.05) is 38.1 Å². The van der Waals surface area contributed by atoms with Gasteiger partial charge in [0.25, 0.3) is 0 Å². The standard InChI is InChI=1S/C9H12OS2/c1-7(2)12(10)9-6-4-3-5-8(9)11/h3-7,11H,1-2H3. The molecule has 0 heterocycles. The van der Waals surface area contributed by atoms with Gasteiger partial charge >= 0.3 is 0 Å². The van der Waals surface area contributed by atoms with Gasteiger partial charge in [0.15, 0.2) is 0 Å². The molecule has 0 aromatic heterocycles. The fraction of sp³-hybridized carbons (Fsp3) is 0.333. The minimum absolute atomic E-state index is 0.151. The van der Waals surface area contributed by atoms with Crippen molar-refractivity contribution in [2.45, 2.75) is 28.9 Å². The van der Waals surface area contributed by atoms with Gasteiger partial charge in [0.1, 0.15) is 0 Å². The Morgan fingerprint density at radius 2 is 1.92 bits per heavy atom. The molecule has 0 aliphatic rings. The lowest BCUT2D eigenvalue weighted by Crippen LogP contribution is -2.06. The second-order valence-electron chi connectivity index (χ2n) is 2.81. The highest BCUT2D eigenvalue weighted by Crippen LogP contribution is 2.19. The van der Waals surface area contributed by atoms with Crippen molar-refractivity contribution in [3.63, 3.8) is 0 Å². The van der Waals surface area contributed by atoms with Crippen LogP contribution in [0.15, 0.2) is 34.1 Å². The van der Waals surface area contributed by atoms with E-state index in [0.29, 0.717) is 0 Å². The summed E-state index contributed by atoms with van der Waals surface area (Å²) in [5.74, 6) is 0. The number of thiol groups is 1. The van der Waals surface area contributed by atoms with Gasteiger partial charge in [-0.2, -0.15) is 0 Å². The van der Waals surface area contributed by atoms with Crippen LogP contribution in [0, 0.1) is 0 Å². The van der Waals surface area contributed by atoms with E-state index in [0.717, 1.165) is 9.79 Å². The Balaban J connectivity index is 3.03. The van der Waals surface area contributed by atoms with E-state index < -0.39 is 10.8 Å². The summed E-state index contributed by atoms with van der Waals surface area (Å²) in [5.41, 5.74) is 0. The van der Waals surface area contributed by atoms with E-state index in [1.54, 1.807) is 0 Å². The Labute approximate surface area is 81.1 Å². The van der Waals surface area contributed by atoms with Crippen molar-refractivity contribution in [3.05, 3.63) is 24.3 Å². The van der Waals surface area contributed by atoms with Crippen molar-refractivity contribution in [3.8, 4) is 0 Å². The molecule has 1 atom stereocenters. The number of hydrogen-bond donors (Lipinski definition) is 1. The maximum Gasteiger partial charge on any atom is 0.0566 e. The lowest BCUT2D eigenvalue weighted by atomic mass is 10.4. The quantitative estimate of drug-likeness (QED) is 0.726. The van der Waals surface area contributed by atoms with Crippen molar-refractivity contribution in [1.82, 2.24) is 0 Å². The molecule has 1 nitrogen and oxygen atoms in total. The van der Waals surface area contributed by atoms with Gasteiger partial charge in [-0.15, -0.1) is 12.6 Å². The SMILES string of the molecule is CC(C)S(=O)c1ccccc1S. The van der Waals surface area contributed by atoms with Crippen molar-refractivity contribution < 1.29 is 4.21 Å². The van der Waals surface area contributed by atoms with E-state index in [1.165, 1.54) is 0 Å². The largest absolute Gasteiger partial charge is 0.254 e. The molecule has 0 spiro atoms. The molecule has 0 aliphatic carbocycles. The van der Waals surface area contributed by atoms with Crippen LogP contribution in [0.2, 0.25) is 0 Å². The molecule has 0 aliphatic heterocycles. The van der Waals surface area contributed by atoms with E-state index >= 15 is 0 Å². The third kappa shape index (κ3) is 2.11. The van der Waals surface area contributed by atoms with E-state index in [9.17, 15) is 4.21 Å². The van der Waals surface area contributed by atoms with Gasteiger partial charge < -0.3 is 0 Å². The van der Waals surface area contributed by atoms with Gasteiger partial charge in [-0.1, -0.05) is 26.0 Å². The number of benzene rings is 1. The maximum atomic E-state index is 11.6. The zero-order valence-electron chi connectivity index (χ0n) is 7.15. The third-order valence-corrected chi connectivity index (χ3v) is 3.70. The molecule has 0 amide bonds. The maximum absolute atomic E-state index is 11.6. The van der Waals surface area contributed by atoms with E-state index in [2.05, 4.69) is 12.6 Å². The smallest absolute Gasteiger partial charge is 0.0566 e. The van der Waals surface area contributed by atoms with E-state index in [-0.39, 0.29) is 5.25 Å². The van der Waals surface area contributed by atoms with Crippen LogP contribution in [0.4, 0.5) is 0 Å². The first-order valence-corrected chi connectivity index (χ1v) is 5.47. The first-order valence-electron chi connectivity index (χ1n) is 3.81. The lowest BCUT2D eigenvalue weighted by molar-refractivity contribution is 0.675. The van der Waals surface area contributed by atoms with Crippen molar-refractivity contribution in [1.29, 1.82) is 0 Å². The molecule has 0 saturated heterocycles. The molecular weight excluding hydrogens is 188 g/mol. The van der Waals surface area contributed by atoms with Gasteiger partial charge in [0.05, 0.1) is 15.7 Å². The molecule has 66 valence electrons. The highest BCUT2D eigenvalue weighted by Gasteiger charge is 2.09. The van der Waals surface area contributed by atoms with Crippen LogP contribution in [0.1, 0.15) is 13.8 Å². The van der Waals surface area contributed by atoms with Gasteiger partial charge in [-0.25, -0.2) is 0 Å². The Bertz CT molecular complexity index is 294. The first kappa shape index (κ1) is 9.81. The molecular formula is C9H12OS2. The van der Waals surface area contributed by atoms with Crippen LogP contribution in [-0.4, -0.2) is 9.46 Å². The van der Waals surface area contributed by atoms with Crippen molar-refractivity contribution >= 4 is 23.4 Å². The molecule has 1 unspecified atom stereocenters. The summed E-state index contributed by atoms with van der Waals surface area (Å²) in [6.45, 7) is 3.88. The van der Waals surface area contributed by atoms with Crippen LogP contribution >= 0.6 is 12.6 Å². The topological polar surface area (TPSA) is 17.1 Å². The predicted molar refractivity (Wildman–Crippen MR) is 55.2 cm³/mol. The van der Waals surface area contributed by atoms with Crippen LogP contribution < -0.4 is 0 Å². The molecule has 0 bridgehead atoms. The monoisotopic (exact) mass is 200 g/mol. The summed E-state index contributed by atoms with van der Waals surface area (Å²) in [7, 11) is -0.923. The average Bonchev–Trinajstić information content (AvgIpc) is 2.04. The third-order valence-electron chi connectivity index (χ3n) is 1.51. The molecule has 0 fully saturated rings. The summed E-state index contributed by atoms with van der Waals surface area (Å²) in [6.07, 6.45) is 0. The summed E-state index contributed by atoms with van der Waals surface area (Å²) in [6, 6.07) is 7.50. The summed E-state index contributed by atoms with van der Waals surface area (Å²) < 4.78 is 11.6. The van der Waals surface area contributed by atoms with Crippen molar-refractivity contribution in [2.75, 3.05) is 0 Å². The zero-order valence-corrected chi connectivity index (χ0v) is 8.86. The highest BCUT2D eigenvalue weighted by atomic mass is 32.2. The van der Waals surface area contributed by atoms with Gasteiger partial charge in [-0.3, -0.25) is 4.21 Å². The molecule has 0 radical (unpaired) electrons. The highest BCUT2D eigenvalue weighted by molar-refractivity contribution is 7.87. The fourth-order valence-electron chi connectivity index (χ4n) is 0.881. The Morgan fingerprint density at radius 3 is 2.42 bits per heavy atom. The van der Waals surface area contributed by atoms with Crippen LogP contribution in [0.25, 0.3) is 0 Å². The molecule has 3 heteroatoms. The Kier molecular flexibility index (Phi) is 3.35. The summed E-state index contributed by atoms with van der Waals surface area (Å²) in [5, 5.41) is 0.151.